The molecule has 98 valence electrons. The van der Waals surface area contributed by atoms with E-state index in [1.807, 2.05) is 6.92 Å². The Kier molecular flexibility index (Phi) is 8.89. The van der Waals surface area contributed by atoms with Gasteiger partial charge in [0.25, 0.3) is 0 Å². The third-order valence-corrected chi connectivity index (χ3v) is 4.10. The molecule has 4 nitrogen and oxygen atoms in total. The maximum Gasteiger partial charge on any atom is 0.211 e. The first-order chi connectivity index (χ1) is 7.55. The summed E-state index contributed by atoms with van der Waals surface area (Å²) in [4.78, 5) is 2.29. The summed E-state index contributed by atoms with van der Waals surface area (Å²) in [6, 6.07) is 0. The number of hydrogen-bond acceptors (Lipinski definition) is 3. The van der Waals surface area contributed by atoms with Crippen LogP contribution in [0.3, 0.4) is 0 Å². The molecule has 0 spiro atoms. The number of sulfonamides is 1. The van der Waals surface area contributed by atoms with Crippen molar-refractivity contribution in [3.63, 3.8) is 0 Å². The largest absolute Gasteiger partial charge is 0.304 e. The molecule has 5 heteroatoms. The fraction of sp³-hybridized carbons (Fsp3) is 1.00. The summed E-state index contributed by atoms with van der Waals surface area (Å²) >= 11 is 0. The minimum Gasteiger partial charge on any atom is -0.304 e. The molecule has 16 heavy (non-hydrogen) atoms. The molecule has 0 heterocycles. The first kappa shape index (κ1) is 15.9. The van der Waals surface area contributed by atoms with Gasteiger partial charge in [-0.1, -0.05) is 27.2 Å². The second-order valence-electron chi connectivity index (χ2n) is 3.95. The van der Waals surface area contributed by atoms with Gasteiger partial charge < -0.3 is 4.90 Å². The molecule has 0 aromatic carbocycles. The fourth-order valence-corrected chi connectivity index (χ4v) is 2.75. The molecule has 0 atom stereocenters. The van der Waals surface area contributed by atoms with E-state index < -0.39 is 10.0 Å². The predicted molar refractivity (Wildman–Crippen MR) is 69.1 cm³/mol. The second kappa shape index (κ2) is 8.96. The van der Waals surface area contributed by atoms with Gasteiger partial charge in [-0.2, -0.15) is 0 Å². The molecule has 0 fully saturated rings. The zero-order valence-electron chi connectivity index (χ0n) is 10.8. The summed E-state index contributed by atoms with van der Waals surface area (Å²) in [6.07, 6.45) is 2.54. The lowest BCUT2D eigenvalue weighted by Crippen LogP contribution is -2.31. The van der Waals surface area contributed by atoms with Crippen molar-refractivity contribution in [3.8, 4) is 0 Å². The second-order valence-corrected chi connectivity index (χ2v) is 5.87. The highest BCUT2D eigenvalue weighted by Crippen LogP contribution is 1.94. The highest BCUT2D eigenvalue weighted by atomic mass is 32.2. The van der Waals surface area contributed by atoms with Crippen LogP contribution >= 0.6 is 0 Å². The molecule has 0 unspecified atom stereocenters. The number of rotatable bonds is 10. The van der Waals surface area contributed by atoms with Crippen LogP contribution < -0.4 is 4.72 Å². The van der Waals surface area contributed by atoms with Crippen molar-refractivity contribution in [1.29, 1.82) is 0 Å². The van der Waals surface area contributed by atoms with Crippen LogP contribution in [0, 0.1) is 0 Å². The molecule has 0 saturated carbocycles. The molecule has 0 amide bonds. The number of nitrogens with one attached hydrogen (secondary N) is 1. The molecule has 0 aliphatic heterocycles. The van der Waals surface area contributed by atoms with Crippen LogP contribution in [0.15, 0.2) is 0 Å². The monoisotopic (exact) mass is 250 g/mol. The highest BCUT2D eigenvalue weighted by molar-refractivity contribution is 7.89. The van der Waals surface area contributed by atoms with E-state index in [9.17, 15) is 8.42 Å². The Hall–Kier alpha value is -0.130. The van der Waals surface area contributed by atoms with Gasteiger partial charge in [-0.25, -0.2) is 13.1 Å². The molecule has 0 aromatic heterocycles. The van der Waals surface area contributed by atoms with Crippen LogP contribution in [0.2, 0.25) is 0 Å². The quantitative estimate of drug-likeness (QED) is 0.597. The van der Waals surface area contributed by atoms with Crippen molar-refractivity contribution in [2.75, 3.05) is 31.9 Å². The summed E-state index contributed by atoms with van der Waals surface area (Å²) in [6.45, 7) is 9.81. The Morgan fingerprint density at radius 3 is 2.19 bits per heavy atom. The minimum atomic E-state index is -3.02. The van der Waals surface area contributed by atoms with Crippen LogP contribution in [-0.4, -0.2) is 45.2 Å². The molecule has 1 N–H and O–H groups in total. The normalized spacial score (nSPS) is 12.2. The first-order valence-corrected chi connectivity index (χ1v) is 7.90. The average Bonchev–Trinajstić information content (AvgIpc) is 2.27. The number of unbranched alkanes of at least 4 members (excludes halogenated alkanes) is 1. The van der Waals surface area contributed by atoms with E-state index in [2.05, 4.69) is 23.5 Å². The summed E-state index contributed by atoms with van der Waals surface area (Å²) < 4.78 is 25.5. The van der Waals surface area contributed by atoms with Crippen LogP contribution in [0.5, 0.6) is 0 Å². The van der Waals surface area contributed by atoms with Gasteiger partial charge in [0.15, 0.2) is 0 Å². The van der Waals surface area contributed by atoms with Gasteiger partial charge in [0, 0.05) is 6.54 Å². The number of nitrogens with zero attached hydrogens (tertiary/aromatic N) is 1. The molecule has 0 aromatic rings. The van der Waals surface area contributed by atoms with Gasteiger partial charge >= 0.3 is 0 Å². The molecule has 0 aliphatic rings. The van der Waals surface area contributed by atoms with Gasteiger partial charge in [0.05, 0.1) is 5.75 Å². The Morgan fingerprint density at radius 2 is 1.69 bits per heavy atom. The Balaban J connectivity index is 3.64. The summed E-state index contributed by atoms with van der Waals surface area (Å²) in [7, 11) is -3.02. The Bertz CT molecular complexity index is 249. The van der Waals surface area contributed by atoms with Crippen molar-refractivity contribution >= 4 is 10.0 Å². The molecule has 0 bridgehead atoms. The Labute approximate surface area is 100 Å². The minimum absolute atomic E-state index is 0.259. The van der Waals surface area contributed by atoms with E-state index in [4.69, 9.17) is 0 Å². The zero-order chi connectivity index (χ0) is 12.4. The zero-order valence-corrected chi connectivity index (χ0v) is 11.6. The van der Waals surface area contributed by atoms with Crippen LogP contribution in [0.1, 0.15) is 40.0 Å². The van der Waals surface area contributed by atoms with Gasteiger partial charge in [0.1, 0.15) is 0 Å². The molecule has 0 saturated heterocycles. The van der Waals surface area contributed by atoms with E-state index in [0.717, 1.165) is 38.9 Å². The van der Waals surface area contributed by atoms with Crippen molar-refractivity contribution in [3.05, 3.63) is 0 Å². The summed E-state index contributed by atoms with van der Waals surface area (Å²) in [5.74, 6) is 0.259. The third kappa shape index (κ3) is 8.07. The Morgan fingerprint density at radius 1 is 1.06 bits per heavy atom. The lowest BCUT2D eigenvalue weighted by atomic mass is 10.4. The van der Waals surface area contributed by atoms with Crippen LogP contribution in [-0.2, 0) is 10.0 Å². The average molecular weight is 250 g/mol. The molecule has 0 radical (unpaired) electrons. The lowest BCUT2D eigenvalue weighted by Gasteiger charge is -2.17. The van der Waals surface area contributed by atoms with Crippen molar-refractivity contribution < 1.29 is 8.42 Å². The first-order valence-electron chi connectivity index (χ1n) is 6.25. The van der Waals surface area contributed by atoms with E-state index in [-0.39, 0.29) is 5.75 Å². The topological polar surface area (TPSA) is 49.4 Å². The van der Waals surface area contributed by atoms with E-state index >= 15 is 0 Å². The smallest absolute Gasteiger partial charge is 0.211 e. The molecular weight excluding hydrogens is 224 g/mol. The third-order valence-electron chi connectivity index (χ3n) is 2.63. The maximum atomic E-state index is 11.4. The fourth-order valence-electron chi connectivity index (χ4n) is 1.48. The lowest BCUT2D eigenvalue weighted by molar-refractivity contribution is 0.300. The van der Waals surface area contributed by atoms with E-state index in [1.165, 1.54) is 0 Å². The maximum absolute atomic E-state index is 11.4. The molecular formula is C11H26N2O2S. The van der Waals surface area contributed by atoms with Gasteiger partial charge in [-0.3, -0.25) is 0 Å². The molecule has 0 rings (SSSR count). The van der Waals surface area contributed by atoms with Crippen molar-refractivity contribution in [2.45, 2.75) is 40.0 Å². The molecule has 0 aliphatic carbocycles. The van der Waals surface area contributed by atoms with E-state index in [0.29, 0.717) is 6.54 Å². The summed E-state index contributed by atoms with van der Waals surface area (Å²) in [5.41, 5.74) is 0. The predicted octanol–water partition coefficient (Wildman–Crippen LogP) is 1.44. The number of hydrogen-bond donors (Lipinski definition) is 1. The van der Waals surface area contributed by atoms with Crippen molar-refractivity contribution in [1.82, 2.24) is 9.62 Å². The van der Waals surface area contributed by atoms with Gasteiger partial charge in [0.2, 0.25) is 10.0 Å². The standard InChI is InChI=1S/C11H26N2O2S/c1-4-7-11-16(14,15)12-9-8-10-13(5-2)6-3/h12H,4-11H2,1-3H3. The van der Waals surface area contributed by atoms with E-state index in [1.54, 1.807) is 0 Å². The van der Waals surface area contributed by atoms with Gasteiger partial charge in [-0.05, 0) is 32.5 Å². The van der Waals surface area contributed by atoms with Crippen LogP contribution in [0.25, 0.3) is 0 Å². The SMILES string of the molecule is CCCCS(=O)(=O)NCCCN(CC)CC. The van der Waals surface area contributed by atoms with Gasteiger partial charge in [-0.15, -0.1) is 0 Å². The summed E-state index contributed by atoms with van der Waals surface area (Å²) in [5, 5.41) is 0. The van der Waals surface area contributed by atoms with Crippen LogP contribution in [0.4, 0.5) is 0 Å². The highest BCUT2D eigenvalue weighted by Gasteiger charge is 2.08. The van der Waals surface area contributed by atoms with Crippen molar-refractivity contribution in [2.24, 2.45) is 0 Å².